The zero-order valence-corrected chi connectivity index (χ0v) is 11.4. The summed E-state index contributed by atoms with van der Waals surface area (Å²) in [5.74, 6) is 1.06. The van der Waals surface area contributed by atoms with Gasteiger partial charge in [0.1, 0.15) is 11.3 Å². The number of anilines is 1. The van der Waals surface area contributed by atoms with Gasteiger partial charge in [0, 0.05) is 24.7 Å². The van der Waals surface area contributed by atoms with Crippen molar-refractivity contribution >= 4 is 22.5 Å². The predicted octanol–water partition coefficient (Wildman–Crippen LogP) is 3.37. The van der Waals surface area contributed by atoms with Gasteiger partial charge in [-0.25, -0.2) is 4.98 Å². The van der Waals surface area contributed by atoms with E-state index < -0.39 is 4.92 Å². The Labute approximate surface area is 120 Å². The molecule has 0 aliphatic rings. The third kappa shape index (κ3) is 2.55. The van der Waals surface area contributed by atoms with E-state index in [-0.39, 0.29) is 5.69 Å². The van der Waals surface area contributed by atoms with Crippen molar-refractivity contribution in [3.8, 4) is 0 Å². The van der Waals surface area contributed by atoms with Crippen molar-refractivity contribution in [2.24, 2.45) is 0 Å². The summed E-state index contributed by atoms with van der Waals surface area (Å²) in [5, 5.41) is 12.0. The van der Waals surface area contributed by atoms with Crippen LogP contribution >= 0.6 is 0 Å². The standard InChI is InChI=1S/C15H13N3O3/c1-17(15-13(18(19)20)6-4-8-16-15)10-12-9-11-5-2-3-7-14(11)21-12/h2-9H,10H2,1H3. The molecule has 1 aromatic carbocycles. The Kier molecular flexibility index (Phi) is 3.27. The van der Waals surface area contributed by atoms with Gasteiger partial charge in [-0.05, 0) is 18.2 Å². The Hall–Kier alpha value is -2.89. The van der Waals surface area contributed by atoms with E-state index in [0.29, 0.717) is 12.4 Å². The molecule has 0 bridgehead atoms. The van der Waals surface area contributed by atoms with Crippen LogP contribution in [0.25, 0.3) is 11.0 Å². The molecule has 6 heteroatoms. The minimum absolute atomic E-state index is 0.0175. The molecular weight excluding hydrogens is 270 g/mol. The third-order valence-electron chi connectivity index (χ3n) is 3.19. The van der Waals surface area contributed by atoms with Crippen LogP contribution in [0.15, 0.2) is 53.1 Å². The molecule has 0 amide bonds. The van der Waals surface area contributed by atoms with Crippen molar-refractivity contribution < 1.29 is 9.34 Å². The Morgan fingerprint density at radius 2 is 2.10 bits per heavy atom. The van der Waals surface area contributed by atoms with Crippen LogP contribution in [0.4, 0.5) is 11.5 Å². The molecular formula is C15H13N3O3. The van der Waals surface area contributed by atoms with Crippen LogP contribution in [0.3, 0.4) is 0 Å². The van der Waals surface area contributed by atoms with E-state index in [1.54, 1.807) is 18.0 Å². The predicted molar refractivity (Wildman–Crippen MR) is 79.2 cm³/mol. The van der Waals surface area contributed by atoms with Crippen molar-refractivity contribution in [2.45, 2.75) is 6.54 Å². The van der Waals surface area contributed by atoms with Crippen molar-refractivity contribution in [2.75, 3.05) is 11.9 Å². The topological polar surface area (TPSA) is 72.4 Å². The number of rotatable bonds is 4. The molecule has 0 N–H and O–H groups in total. The van der Waals surface area contributed by atoms with Gasteiger partial charge < -0.3 is 9.32 Å². The fourth-order valence-corrected chi connectivity index (χ4v) is 2.25. The van der Waals surface area contributed by atoms with Gasteiger partial charge in [-0.15, -0.1) is 0 Å². The van der Waals surface area contributed by atoms with Crippen LogP contribution in [-0.2, 0) is 6.54 Å². The van der Waals surface area contributed by atoms with Crippen LogP contribution in [-0.4, -0.2) is 17.0 Å². The quantitative estimate of drug-likeness (QED) is 0.542. The van der Waals surface area contributed by atoms with Crippen LogP contribution < -0.4 is 4.90 Å². The molecule has 0 saturated carbocycles. The number of nitro groups is 1. The van der Waals surface area contributed by atoms with E-state index in [4.69, 9.17) is 4.42 Å². The summed E-state index contributed by atoms with van der Waals surface area (Å²) in [7, 11) is 1.75. The monoisotopic (exact) mass is 283 g/mol. The highest BCUT2D eigenvalue weighted by Crippen LogP contribution is 2.26. The molecule has 3 rings (SSSR count). The second-order valence-corrected chi connectivity index (χ2v) is 4.71. The first-order valence-corrected chi connectivity index (χ1v) is 6.43. The zero-order valence-electron chi connectivity index (χ0n) is 11.4. The van der Waals surface area contributed by atoms with Crippen LogP contribution in [0.1, 0.15) is 5.76 Å². The molecule has 21 heavy (non-hydrogen) atoms. The molecule has 0 fully saturated rings. The molecule has 0 atom stereocenters. The second-order valence-electron chi connectivity index (χ2n) is 4.71. The summed E-state index contributed by atoms with van der Waals surface area (Å²) in [5.41, 5.74) is 0.785. The minimum Gasteiger partial charge on any atom is -0.459 e. The summed E-state index contributed by atoms with van der Waals surface area (Å²) < 4.78 is 5.72. The number of aromatic nitrogens is 1. The molecule has 2 heterocycles. The average molecular weight is 283 g/mol. The summed E-state index contributed by atoms with van der Waals surface area (Å²) >= 11 is 0. The molecule has 0 aliphatic heterocycles. The molecule has 3 aromatic rings. The molecule has 2 aromatic heterocycles. The van der Waals surface area contributed by atoms with Gasteiger partial charge in [0.25, 0.3) is 0 Å². The van der Waals surface area contributed by atoms with Gasteiger partial charge in [-0.3, -0.25) is 10.1 Å². The maximum atomic E-state index is 11.0. The summed E-state index contributed by atoms with van der Waals surface area (Å²) in [6, 6.07) is 12.6. The van der Waals surface area contributed by atoms with Gasteiger partial charge in [-0.1, -0.05) is 18.2 Å². The van der Waals surface area contributed by atoms with Gasteiger partial charge in [0.2, 0.25) is 5.82 Å². The fourth-order valence-electron chi connectivity index (χ4n) is 2.25. The van der Waals surface area contributed by atoms with Gasteiger partial charge in [0.05, 0.1) is 11.5 Å². The van der Waals surface area contributed by atoms with Crippen molar-refractivity contribution in [1.82, 2.24) is 4.98 Å². The third-order valence-corrected chi connectivity index (χ3v) is 3.19. The lowest BCUT2D eigenvalue weighted by Crippen LogP contribution is -2.18. The van der Waals surface area contributed by atoms with E-state index in [0.717, 1.165) is 16.7 Å². The maximum Gasteiger partial charge on any atom is 0.311 e. The summed E-state index contributed by atoms with van der Waals surface area (Å²) in [4.78, 5) is 16.4. The number of fused-ring (bicyclic) bond motifs is 1. The minimum atomic E-state index is -0.433. The maximum absolute atomic E-state index is 11.0. The van der Waals surface area contributed by atoms with Crippen molar-refractivity contribution in [3.63, 3.8) is 0 Å². The molecule has 0 saturated heterocycles. The summed E-state index contributed by atoms with van der Waals surface area (Å²) in [6.45, 7) is 0.409. The SMILES string of the molecule is CN(Cc1cc2ccccc2o1)c1ncccc1[N+](=O)[O-]. The number of nitrogens with zero attached hydrogens (tertiary/aromatic N) is 3. The normalized spacial score (nSPS) is 10.7. The first kappa shape index (κ1) is 13.1. The van der Waals surface area contributed by atoms with E-state index >= 15 is 0 Å². The van der Waals surface area contributed by atoms with Gasteiger partial charge in [0.15, 0.2) is 0 Å². The van der Waals surface area contributed by atoms with E-state index in [1.807, 2.05) is 30.3 Å². The molecule has 106 valence electrons. The average Bonchev–Trinajstić information content (AvgIpc) is 2.89. The van der Waals surface area contributed by atoms with E-state index in [9.17, 15) is 10.1 Å². The second kappa shape index (κ2) is 5.24. The smallest absolute Gasteiger partial charge is 0.311 e. The Morgan fingerprint density at radius 3 is 2.86 bits per heavy atom. The summed E-state index contributed by atoms with van der Waals surface area (Å²) in [6.07, 6.45) is 1.54. The number of hydrogen-bond acceptors (Lipinski definition) is 5. The largest absolute Gasteiger partial charge is 0.459 e. The van der Waals surface area contributed by atoms with Crippen molar-refractivity contribution in [3.05, 3.63) is 64.5 Å². The van der Waals surface area contributed by atoms with Gasteiger partial charge in [-0.2, -0.15) is 0 Å². The number of benzene rings is 1. The Bertz CT molecular complexity index is 764. The lowest BCUT2D eigenvalue weighted by Gasteiger charge is -2.16. The number of hydrogen-bond donors (Lipinski definition) is 0. The molecule has 0 spiro atoms. The molecule has 0 radical (unpaired) electrons. The molecule has 0 aliphatic carbocycles. The number of furan rings is 1. The van der Waals surface area contributed by atoms with Crippen molar-refractivity contribution in [1.29, 1.82) is 0 Å². The van der Waals surface area contributed by atoms with Crippen LogP contribution in [0, 0.1) is 10.1 Å². The first-order valence-electron chi connectivity index (χ1n) is 6.43. The Morgan fingerprint density at radius 1 is 1.29 bits per heavy atom. The Balaban J connectivity index is 1.89. The highest BCUT2D eigenvalue weighted by atomic mass is 16.6. The zero-order chi connectivity index (χ0) is 14.8. The fraction of sp³-hybridized carbons (Fsp3) is 0.133. The highest BCUT2D eigenvalue weighted by Gasteiger charge is 2.19. The highest BCUT2D eigenvalue weighted by molar-refractivity contribution is 5.77. The first-order chi connectivity index (χ1) is 10.1. The van der Waals surface area contributed by atoms with Crippen LogP contribution in [0.5, 0.6) is 0 Å². The number of para-hydroxylation sites is 1. The van der Waals surface area contributed by atoms with E-state index in [1.165, 1.54) is 12.3 Å². The lowest BCUT2D eigenvalue weighted by molar-refractivity contribution is -0.384. The van der Waals surface area contributed by atoms with Gasteiger partial charge >= 0.3 is 5.69 Å². The lowest BCUT2D eigenvalue weighted by atomic mass is 10.2. The molecule has 0 unspecified atom stereocenters. The molecule has 6 nitrogen and oxygen atoms in total. The van der Waals surface area contributed by atoms with E-state index in [2.05, 4.69) is 4.98 Å². The number of pyridine rings is 1. The van der Waals surface area contributed by atoms with Crippen LogP contribution in [0.2, 0.25) is 0 Å².